The molecule has 6 nitrogen and oxygen atoms in total. The molecule has 0 atom stereocenters. The molecule has 3 rings (SSSR count). The first-order valence-corrected chi connectivity index (χ1v) is 9.68. The van der Waals surface area contributed by atoms with E-state index in [1.54, 1.807) is 31.3 Å². The Morgan fingerprint density at radius 2 is 1.54 bits per heavy atom. The first-order chi connectivity index (χ1) is 13.4. The van der Waals surface area contributed by atoms with Crippen LogP contribution in [0, 0.1) is 13.8 Å². The Hall–Kier alpha value is -3.19. The molecule has 0 saturated carbocycles. The molecule has 0 aliphatic heterocycles. The predicted molar refractivity (Wildman–Crippen MR) is 114 cm³/mol. The van der Waals surface area contributed by atoms with Crippen molar-refractivity contribution in [1.29, 1.82) is 0 Å². The van der Waals surface area contributed by atoms with Crippen LogP contribution in [-0.4, -0.2) is 24.0 Å². The van der Waals surface area contributed by atoms with Gasteiger partial charge in [-0.2, -0.15) is 0 Å². The molecule has 0 aliphatic rings. The van der Waals surface area contributed by atoms with Crippen molar-refractivity contribution in [3.8, 4) is 11.3 Å². The zero-order valence-electron chi connectivity index (χ0n) is 16.0. The highest BCUT2D eigenvalue weighted by atomic mass is 32.1. The Balaban J connectivity index is 1.68. The second-order valence-corrected chi connectivity index (χ2v) is 7.66. The van der Waals surface area contributed by atoms with Gasteiger partial charge in [-0.15, -0.1) is 11.3 Å². The van der Waals surface area contributed by atoms with Gasteiger partial charge in [-0.25, -0.2) is 9.78 Å². The van der Waals surface area contributed by atoms with Gasteiger partial charge in [-0.05, 0) is 38.1 Å². The van der Waals surface area contributed by atoms with Crippen LogP contribution < -0.4 is 16.0 Å². The number of carbonyl (C=O) groups excluding carboxylic acids is 2. The second kappa shape index (κ2) is 8.67. The molecule has 0 bridgehead atoms. The van der Waals surface area contributed by atoms with Gasteiger partial charge in [0.15, 0.2) is 0 Å². The van der Waals surface area contributed by atoms with Crippen LogP contribution in [0.5, 0.6) is 0 Å². The van der Waals surface area contributed by atoms with Gasteiger partial charge in [-0.1, -0.05) is 29.8 Å². The van der Waals surface area contributed by atoms with Crippen LogP contribution in [0.25, 0.3) is 11.3 Å². The molecule has 0 spiro atoms. The standard InChI is InChI=1S/C21H22N4O2S/c1-13-4-6-15(7-5-13)20-18(28-14(2)23-20)12-19(26)24-16-8-10-17(11-9-16)25-21(27)22-3/h4-11H,12H2,1-3H3,(H,24,26)(H2,22,25,27). The summed E-state index contributed by atoms with van der Waals surface area (Å²) < 4.78 is 0. The molecule has 0 unspecified atom stereocenters. The van der Waals surface area contributed by atoms with E-state index in [1.165, 1.54) is 16.9 Å². The van der Waals surface area contributed by atoms with Crippen molar-refractivity contribution < 1.29 is 9.59 Å². The van der Waals surface area contributed by atoms with Gasteiger partial charge >= 0.3 is 6.03 Å². The molecule has 28 heavy (non-hydrogen) atoms. The van der Waals surface area contributed by atoms with Gasteiger partial charge in [0.2, 0.25) is 5.91 Å². The van der Waals surface area contributed by atoms with Gasteiger partial charge in [0, 0.05) is 28.9 Å². The number of hydrogen-bond donors (Lipinski definition) is 3. The quantitative estimate of drug-likeness (QED) is 0.601. The van der Waals surface area contributed by atoms with Crippen LogP contribution in [0.15, 0.2) is 48.5 Å². The van der Waals surface area contributed by atoms with Crippen molar-refractivity contribution >= 4 is 34.6 Å². The van der Waals surface area contributed by atoms with Crippen molar-refractivity contribution in [1.82, 2.24) is 10.3 Å². The summed E-state index contributed by atoms with van der Waals surface area (Å²) in [5.41, 5.74) is 4.39. The Labute approximate surface area is 168 Å². The van der Waals surface area contributed by atoms with Gasteiger partial charge < -0.3 is 16.0 Å². The summed E-state index contributed by atoms with van der Waals surface area (Å²) >= 11 is 1.54. The normalized spacial score (nSPS) is 10.4. The van der Waals surface area contributed by atoms with E-state index < -0.39 is 0 Å². The average Bonchev–Trinajstić information content (AvgIpc) is 3.03. The number of rotatable bonds is 5. The molecule has 1 aromatic heterocycles. The summed E-state index contributed by atoms with van der Waals surface area (Å²) in [7, 11) is 1.55. The molecule has 144 valence electrons. The summed E-state index contributed by atoms with van der Waals surface area (Å²) in [6, 6.07) is 14.8. The van der Waals surface area contributed by atoms with Crippen LogP contribution in [0.2, 0.25) is 0 Å². The highest BCUT2D eigenvalue weighted by Gasteiger charge is 2.15. The topological polar surface area (TPSA) is 83.1 Å². The number of thiazole rings is 1. The molecule has 0 aliphatic carbocycles. The lowest BCUT2D eigenvalue weighted by molar-refractivity contribution is -0.115. The van der Waals surface area contributed by atoms with E-state index in [1.807, 2.05) is 38.1 Å². The number of aryl methyl sites for hydroxylation is 2. The molecule has 0 saturated heterocycles. The van der Waals surface area contributed by atoms with Crippen LogP contribution in [0.4, 0.5) is 16.2 Å². The molecule has 0 fully saturated rings. The first kappa shape index (κ1) is 19.6. The van der Waals surface area contributed by atoms with E-state index >= 15 is 0 Å². The molecular weight excluding hydrogens is 372 g/mol. The monoisotopic (exact) mass is 394 g/mol. The Morgan fingerprint density at radius 3 is 2.14 bits per heavy atom. The number of anilines is 2. The largest absolute Gasteiger partial charge is 0.341 e. The van der Waals surface area contributed by atoms with E-state index in [2.05, 4.69) is 20.9 Å². The third-order valence-electron chi connectivity index (χ3n) is 4.10. The smallest absolute Gasteiger partial charge is 0.318 e. The first-order valence-electron chi connectivity index (χ1n) is 8.86. The molecular formula is C21H22N4O2S. The number of hydrogen-bond acceptors (Lipinski definition) is 4. The molecule has 3 aromatic rings. The maximum absolute atomic E-state index is 12.5. The number of urea groups is 1. The highest BCUT2D eigenvalue weighted by molar-refractivity contribution is 7.12. The van der Waals surface area contributed by atoms with Gasteiger partial charge in [0.1, 0.15) is 0 Å². The molecule has 0 radical (unpaired) electrons. The maximum atomic E-state index is 12.5. The van der Waals surface area contributed by atoms with Crippen molar-refractivity contribution in [2.45, 2.75) is 20.3 Å². The van der Waals surface area contributed by atoms with Crippen LogP contribution >= 0.6 is 11.3 Å². The zero-order valence-corrected chi connectivity index (χ0v) is 16.8. The average molecular weight is 395 g/mol. The Bertz CT molecular complexity index is 979. The minimum absolute atomic E-state index is 0.107. The van der Waals surface area contributed by atoms with E-state index in [0.29, 0.717) is 11.4 Å². The number of aromatic nitrogens is 1. The zero-order chi connectivity index (χ0) is 20.1. The van der Waals surface area contributed by atoms with Gasteiger partial charge in [-0.3, -0.25) is 4.79 Å². The lowest BCUT2D eigenvalue weighted by atomic mass is 10.1. The van der Waals surface area contributed by atoms with E-state index in [9.17, 15) is 9.59 Å². The number of carbonyl (C=O) groups is 2. The van der Waals surface area contributed by atoms with E-state index in [4.69, 9.17) is 0 Å². The molecule has 2 aromatic carbocycles. The Kier molecular flexibility index (Phi) is 6.06. The number of benzene rings is 2. The van der Waals surface area contributed by atoms with Crippen molar-refractivity contribution in [3.05, 3.63) is 64.0 Å². The fourth-order valence-electron chi connectivity index (χ4n) is 2.71. The minimum atomic E-state index is -0.291. The Morgan fingerprint density at radius 1 is 0.929 bits per heavy atom. The highest BCUT2D eigenvalue weighted by Crippen LogP contribution is 2.29. The van der Waals surface area contributed by atoms with Crippen LogP contribution in [0.1, 0.15) is 15.4 Å². The fourth-order valence-corrected chi connectivity index (χ4v) is 3.66. The second-order valence-electron chi connectivity index (χ2n) is 6.38. The molecule has 7 heteroatoms. The summed E-state index contributed by atoms with van der Waals surface area (Å²) in [4.78, 5) is 29.4. The third-order valence-corrected chi connectivity index (χ3v) is 5.07. The van der Waals surface area contributed by atoms with Gasteiger partial charge in [0.25, 0.3) is 0 Å². The van der Waals surface area contributed by atoms with E-state index in [0.717, 1.165) is 21.1 Å². The summed E-state index contributed by atoms with van der Waals surface area (Å²) in [5, 5.41) is 8.99. The van der Waals surface area contributed by atoms with Gasteiger partial charge in [0.05, 0.1) is 17.1 Å². The van der Waals surface area contributed by atoms with E-state index in [-0.39, 0.29) is 18.4 Å². The van der Waals surface area contributed by atoms with Crippen molar-refractivity contribution in [3.63, 3.8) is 0 Å². The third kappa shape index (κ3) is 4.95. The van der Waals surface area contributed by atoms with Crippen molar-refractivity contribution in [2.75, 3.05) is 17.7 Å². The number of nitrogens with one attached hydrogen (secondary N) is 3. The minimum Gasteiger partial charge on any atom is -0.341 e. The SMILES string of the molecule is CNC(=O)Nc1ccc(NC(=O)Cc2sc(C)nc2-c2ccc(C)cc2)cc1. The number of nitrogens with zero attached hydrogens (tertiary/aromatic N) is 1. The summed E-state index contributed by atoms with van der Waals surface area (Å²) in [6.45, 7) is 3.99. The fraction of sp³-hybridized carbons (Fsp3) is 0.190. The predicted octanol–water partition coefficient (Wildman–Crippen LogP) is 4.36. The molecule has 3 amide bonds. The maximum Gasteiger partial charge on any atom is 0.318 e. The summed E-state index contributed by atoms with van der Waals surface area (Å²) in [6.07, 6.45) is 0.257. The molecule has 3 N–H and O–H groups in total. The van der Waals surface area contributed by atoms with Crippen LogP contribution in [0.3, 0.4) is 0 Å². The molecule has 1 heterocycles. The number of amides is 3. The lowest BCUT2D eigenvalue weighted by Crippen LogP contribution is -2.24. The van der Waals surface area contributed by atoms with Crippen molar-refractivity contribution in [2.24, 2.45) is 0 Å². The lowest BCUT2D eigenvalue weighted by Gasteiger charge is -2.08. The summed E-state index contributed by atoms with van der Waals surface area (Å²) in [5.74, 6) is -0.107. The van der Waals surface area contributed by atoms with Crippen LogP contribution in [-0.2, 0) is 11.2 Å².